The molecule has 7 nitrogen and oxygen atoms in total. The van der Waals surface area contributed by atoms with Gasteiger partial charge in [-0.05, 0) is 68.1 Å². The predicted octanol–water partition coefficient (Wildman–Crippen LogP) is 5.21. The van der Waals surface area contributed by atoms with E-state index >= 15 is 0 Å². The number of rotatable bonds is 5. The van der Waals surface area contributed by atoms with Gasteiger partial charge in [-0.2, -0.15) is 0 Å². The van der Waals surface area contributed by atoms with Gasteiger partial charge in [-0.1, -0.05) is 29.3 Å². The van der Waals surface area contributed by atoms with Crippen molar-refractivity contribution in [3.05, 3.63) is 115 Å². The third-order valence-electron chi connectivity index (χ3n) is 5.62. The number of H-pyrrole nitrogens is 1. The zero-order chi connectivity index (χ0) is 23.7. The molecule has 7 heteroatoms. The molecule has 0 fully saturated rings. The van der Waals surface area contributed by atoms with E-state index in [2.05, 4.69) is 4.98 Å². The molecule has 1 amide bonds. The van der Waals surface area contributed by atoms with Crippen LogP contribution in [0.3, 0.4) is 0 Å². The van der Waals surface area contributed by atoms with Gasteiger partial charge in [0.05, 0.1) is 11.5 Å². The molecule has 1 aromatic heterocycles. The van der Waals surface area contributed by atoms with E-state index in [4.69, 9.17) is 0 Å². The molecule has 0 atom stereocenters. The Morgan fingerprint density at radius 1 is 0.939 bits per heavy atom. The first-order valence-electron chi connectivity index (χ1n) is 10.5. The van der Waals surface area contributed by atoms with Crippen molar-refractivity contribution in [2.45, 2.75) is 27.3 Å². The molecule has 0 aliphatic carbocycles. The van der Waals surface area contributed by atoms with Crippen molar-refractivity contribution >= 4 is 28.2 Å². The topological polar surface area (TPSA) is 96.3 Å². The summed E-state index contributed by atoms with van der Waals surface area (Å²) in [5.74, 6) is -0.347. The van der Waals surface area contributed by atoms with E-state index in [0.29, 0.717) is 16.8 Å². The summed E-state index contributed by atoms with van der Waals surface area (Å²) < 4.78 is 0. The lowest BCUT2D eigenvalue weighted by Crippen LogP contribution is -2.33. The second-order valence-electron chi connectivity index (χ2n) is 8.20. The minimum absolute atomic E-state index is 0.0545. The molecule has 3 aromatic carbocycles. The Labute approximate surface area is 190 Å². The average Bonchev–Trinajstić information content (AvgIpc) is 2.78. The monoisotopic (exact) mass is 441 g/mol. The van der Waals surface area contributed by atoms with E-state index in [1.165, 1.54) is 24.3 Å². The number of amides is 1. The highest BCUT2D eigenvalue weighted by Gasteiger charge is 2.22. The van der Waals surface area contributed by atoms with Crippen LogP contribution in [0.4, 0.5) is 11.4 Å². The van der Waals surface area contributed by atoms with Crippen LogP contribution in [-0.4, -0.2) is 15.8 Å². The second-order valence-corrected chi connectivity index (χ2v) is 8.20. The van der Waals surface area contributed by atoms with Crippen molar-refractivity contribution in [3.8, 4) is 0 Å². The van der Waals surface area contributed by atoms with Gasteiger partial charge in [0, 0.05) is 34.5 Å². The molecular formula is C26H23N3O4. The number of aromatic nitrogens is 1. The predicted molar refractivity (Wildman–Crippen MR) is 129 cm³/mol. The van der Waals surface area contributed by atoms with Gasteiger partial charge in [0.1, 0.15) is 0 Å². The number of nitrogens with zero attached hydrogens (tertiary/aromatic N) is 2. The van der Waals surface area contributed by atoms with E-state index < -0.39 is 4.92 Å². The third kappa shape index (κ3) is 4.52. The van der Waals surface area contributed by atoms with Gasteiger partial charge in [0.25, 0.3) is 17.2 Å². The first-order valence-corrected chi connectivity index (χ1v) is 10.5. The number of anilines is 1. The van der Waals surface area contributed by atoms with Crippen molar-refractivity contribution in [1.29, 1.82) is 0 Å². The summed E-state index contributed by atoms with van der Waals surface area (Å²) >= 11 is 0. The SMILES string of the molecule is Cc1ccc(N(Cc2cc3cc(C)ccc3[nH]c2=O)C(=O)c2ccc([N+](=O)[O-])cc2)c(C)c1. The van der Waals surface area contributed by atoms with Gasteiger partial charge >= 0.3 is 0 Å². The number of carbonyl (C=O) groups excluding carboxylic acids is 1. The molecule has 0 bridgehead atoms. The van der Waals surface area contributed by atoms with Crippen molar-refractivity contribution in [2.75, 3.05) is 4.90 Å². The fourth-order valence-corrected chi connectivity index (χ4v) is 3.92. The normalized spacial score (nSPS) is 10.9. The van der Waals surface area contributed by atoms with Crippen molar-refractivity contribution in [2.24, 2.45) is 0 Å². The van der Waals surface area contributed by atoms with Crippen LogP contribution < -0.4 is 10.5 Å². The molecule has 1 N–H and O–H groups in total. The average molecular weight is 441 g/mol. The molecule has 0 saturated carbocycles. The van der Waals surface area contributed by atoms with Gasteiger partial charge in [-0.15, -0.1) is 0 Å². The van der Waals surface area contributed by atoms with Gasteiger partial charge in [0.15, 0.2) is 0 Å². The molecule has 0 aliphatic heterocycles. The van der Waals surface area contributed by atoms with Crippen LogP contribution in [0.1, 0.15) is 32.6 Å². The highest BCUT2D eigenvalue weighted by atomic mass is 16.6. The first-order chi connectivity index (χ1) is 15.7. The number of nitro benzene ring substituents is 1. The minimum Gasteiger partial charge on any atom is -0.322 e. The van der Waals surface area contributed by atoms with Crippen LogP contribution in [-0.2, 0) is 6.54 Å². The van der Waals surface area contributed by atoms with E-state index in [1.54, 1.807) is 11.0 Å². The summed E-state index contributed by atoms with van der Waals surface area (Å²) in [5, 5.41) is 11.9. The third-order valence-corrected chi connectivity index (χ3v) is 5.62. The largest absolute Gasteiger partial charge is 0.322 e. The number of hydrogen-bond acceptors (Lipinski definition) is 4. The Hall–Kier alpha value is -4.26. The number of nitrogens with one attached hydrogen (secondary N) is 1. The van der Waals surface area contributed by atoms with E-state index in [-0.39, 0.29) is 23.7 Å². The van der Waals surface area contributed by atoms with Crippen LogP contribution >= 0.6 is 0 Å². The smallest absolute Gasteiger partial charge is 0.269 e. The molecule has 166 valence electrons. The number of benzene rings is 3. The van der Waals surface area contributed by atoms with Gasteiger partial charge in [-0.3, -0.25) is 19.7 Å². The molecule has 4 rings (SSSR count). The number of pyridine rings is 1. The Kier molecular flexibility index (Phi) is 5.79. The van der Waals surface area contributed by atoms with Crippen LogP contribution in [0, 0.1) is 30.9 Å². The minimum atomic E-state index is -0.507. The Morgan fingerprint density at radius 2 is 1.61 bits per heavy atom. The molecule has 1 heterocycles. The lowest BCUT2D eigenvalue weighted by Gasteiger charge is -2.25. The summed E-state index contributed by atoms with van der Waals surface area (Å²) in [5.41, 5.74) is 4.80. The molecule has 0 aliphatic rings. The quantitative estimate of drug-likeness (QED) is 0.340. The van der Waals surface area contributed by atoms with E-state index in [0.717, 1.165) is 27.6 Å². The van der Waals surface area contributed by atoms with Crippen molar-refractivity contribution in [1.82, 2.24) is 4.98 Å². The number of non-ortho nitro benzene ring substituents is 1. The maximum Gasteiger partial charge on any atom is 0.269 e. The summed E-state index contributed by atoms with van der Waals surface area (Å²) in [7, 11) is 0. The second kappa shape index (κ2) is 8.70. The standard InChI is InChI=1S/C26H23N3O4/c1-16-5-11-24(18(3)12-16)28(26(31)19-6-8-22(9-7-19)29(32)33)15-21-14-20-13-17(2)4-10-23(20)27-25(21)30/h4-14H,15H2,1-3H3,(H,27,30). The number of hydrogen-bond donors (Lipinski definition) is 1. The maximum absolute atomic E-state index is 13.5. The number of carbonyl (C=O) groups is 1. The van der Waals surface area contributed by atoms with E-state index in [9.17, 15) is 19.7 Å². The fraction of sp³-hybridized carbons (Fsp3) is 0.154. The summed E-state index contributed by atoms with van der Waals surface area (Å²) in [6.07, 6.45) is 0. The molecule has 33 heavy (non-hydrogen) atoms. The Morgan fingerprint density at radius 3 is 2.27 bits per heavy atom. The van der Waals surface area contributed by atoms with Gasteiger partial charge in [0.2, 0.25) is 0 Å². The highest BCUT2D eigenvalue weighted by Crippen LogP contribution is 2.26. The van der Waals surface area contributed by atoms with Crippen LogP contribution in [0.2, 0.25) is 0 Å². The molecular weight excluding hydrogens is 418 g/mol. The summed E-state index contributed by atoms with van der Waals surface area (Å²) in [4.78, 5) is 41.3. The number of aryl methyl sites for hydroxylation is 3. The highest BCUT2D eigenvalue weighted by molar-refractivity contribution is 6.06. The Balaban J connectivity index is 1.80. The molecule has 0 spiro atoms. The summed E-state index contributed by atoms with van der Waals surface area (Å²) in [6.45, 7) is 5.91. The maximum atomic E-state index is 13.5. The lowest BCUT2D eigenvalue weighted by molar-refractivity contribution is -0.384. The fourth-order valence-electron chi connectivity index (χ4n) is 3.92. The van der Waals surface area contributed by atoms with Crippen molar-refractivity contribution < 1.29 is 9.72 Å². The first kappa shape index (κ1) is 22.0. The molecule has 4 aromatic rings. The van der Waals surface area contributed by atoms with Gasteiger partial charge in [-0.25, -0.2) is 0 Å². The zero-order valence-electron chi connectivity index (χ0n) is 18.6. The molecule has 0 radical (unpaired) electrons. The van der Waals surface area contributed by atoms with E-state index in [1.807, 2.05) is 57.2 Å². The summed E-state index contributed by atoms with van der Waals surface area (Å²) in [6, 6.07) is 18.8. The van der Waals surface area contributed by atoms with Gasteiger partial charge < -0.3 is 9.88 Å². The Bertz CT molecular complexity index is 1440. The lowest BCUT2D eigenvalue weighted by atomic mass is 10.1. The van der Waals surface area contributed by atoms with Crippen LogP contribution in [0.5, 0.6) is 0 Å². The van der Waals surface area contributed by atoms with Crippen LogP contribution in [0.15, 0.2) is 71.5 Å². The molecule has 0 unspecified atom stereocenters. The number of aromatic amines is 1. The number of fused-ring (bicyclic) bond motifs is 1. The van der Waals surface area contributed by atoms with Crippen LogP contribution in [0.25, 0.3) is 10.9 Å². The molecule has 0 saturated heterocycles. The number of nitro groups is 1. The zero-order valence-corrected chi connectivity index (χ0v) is 18.6. The van der Waals surface area contributed by atoms with Crippen molar-refractivity contribution in [3.63, 3.8) is 0 Å².